The highest BCUT2D eigenvalue weighted by Crippen LogP contribution is 2.34. The molecule has 0 saturated carbocycles. The predicted molar refractivity (Wildman–Crippen MR) is 104 cm³/mol. The number of benzene rings is 2. The van der Waals surface area contributed by atoms with Crippen LogP contribution in [0.4, 0.5) is 17.1 Å². The van der Waals surface area contributed by atoms with Crippen LogP contribution >= 0.6 is 11.6 Å². The third-order valence-electron chi connectivity index (χ3n) is 4.08. The maximum absolute atomic E-state index is 12.5. The number of hydrogen-bond donors (Lipinski definition) is 2. The van der Waals surface area contributed by atoms with Crippen LogP contribution in [0, 0.1) is 6.92 Å². The van der Waals surface area contributed by atoms with Crippen molar-refractivity contribution in [2.75, 3.05) is 17.4 Å². The maximum atomic E-state index is 12.5. The van der Waals surface area contributed by atoms with Gasteiger partial charge in [0.15, 0.2) is 11.5 Å². The van der Waals surface area contributed by atoms with Crippen LogP contribution in [0.25, 0.3) is 0 Å². The number of carbonyl (C=O) groups is 1. The van der Waals surface area contributed by atoms with E-state index in [4.69, 9.17) is 21.1 Å². The minimum atomic E-state index is -0.320. The fourth-order valence-corrected chi connectivity index (χ4v) is 2.82. The molecule has 0 fully saturated rings. The number of halogens is 1. The van der Waals surface area contributed by atoms with Crippen molar-refractivity contribution in [1.29, 1.82) is 0 Å². The highest BCUT2D eigenvalue weighted by atomic mass is 35.5. The van der Waals surface area contributed by atoms with E-state index in [1.807, 2.05) is 25.1 Å². The summed E-state index contributed by atoms with van der Waals surface area (Å²) in [5, 5.41) is 6.71. The molecular weight excluding hydrogens is 366 g/mol. The minimum Gasteiger partial charge on any atom is -0.454 e. The van der Waals surface area contributed by atoms with Crippen molar-refractivity contribution < 1.29 is 14.3 Å². The summed E-state index contributed by atoms with van der Waals surface area (Å²) < 4.78 is 10.6. The van der Waals surface area contributed by atoms with Crippen molar-refractivity contribution in [3.8, 4) is 11.5 Å². The van der Waals surface area contributed by atoms with Crippen LogP contribution in [-0.4, -0.2) is 17.7 Å². The van der Waals surface area contributed by atoms with Gasteiger partial charge in [-0.15, -0.1) is 0 Å². The summed E-state index contributed by atoms with van der Waals surface area (Å²) in [5.41, 5.74) is 3.46. The Morgan fingerprint density at radius 3 is 2.63 bits per heavy atom. The molecule has 2 N–H and O–H groups in total. The third-order valence-corrected chi connectivity index (χ3v) is 4.49. The van der Waals surface area contributed by atoms with Crippen molar-refractivity contribution in [2.45, 2.75) is 6.92 Å². The molecule has 0 saturated heterocycles. The molecule has 0 spiro atoms. The largest absolute Gasteiger partial charge is 0.454 e. The van der Waals surface area contributed by atoms with Gasteiger partial charge >= 0.3 is 0 Å². The fourth-order valence-electron chi connectivity index (χ4n) is 2.64. The second-order valence-corrected chi connectivity index (χ2v) is 6.45. The van der Waals surface area contributed by atoms with Crippen LogP contribution in [0.1, 0.15) is 16.1 Å². The van der Waals surface area contributed by atoms with Gasteiger partial charge in [-0.1, -0.05) is 17.7 Å². The number of fused-ring (bicyclic) bond motifs is 1. The van der Waals surface area contributed by atoms with Crippen LogP contribution in [0.15, 0.2) is 54.7 Å². The first-order valence-corrected chi connectivity index (χ1v) is 8.66. The molecule has 0 aliphatic carbocycles. The molecule has 2 heterocycles. The molecule has 7 heteroatoms. The van der Waals surface area contributed by atoms with E-state index in [2.05, 4.69) is 15.6 Å². The molecule has 1 aromatic heterocycles. The van der Waals surface area contributed by atoms with E-state index in [0.29, 0.717) is 22.2 Å². The Morgan fingerprint density at radius 1 is 1.00 bits per heavy atom. The predicted octanol–water partition coefficient (Wildman–Crippen LogP) is 4.77. The molecule has 4 rings (SSSR count). The van der Waals surface area contributed by atoms with Gasteiger partial charge in [0.05, 0.1) is 0 Å². The van der Waals surface area contributed by atoms with Gasteiger partial charge in [0, 0.05) is 34.3 Å². The van der Waals surface area contributed by atoms with Crippen LogP contribution in [0.5, 0.6) is 11.5 Å². The minimum absolute atomic E-state index is 0.186. The molecule has 3 aromatic rings. The Balaban J connectivity index is 1.49. The summed E-state index contributed by atoms with van der Waals surface area (Å²) in [4.78, 5) is 16.7. The lowest BCUT2D eigenvalue weighted by molar-refractivity contribution is 0.102. The standard InChI is InChI=1S/C20H16ClN3O3/c1-12-2-3-13(8-16(12)21)23-15-6-7-22-17(9-15)20(25)24-14-4-5-18-19(10-14)27-11-26-18/h2-10H,11H2,1H3,(H,22,23)(H,24,25). The van der Waals surface area contributed by atoms with E-state index in [1.165, 1.54) is 0 Å². The Hall–Kier alpha value is -3.25. The number of amides is 1. The summed E-state index contributed by atoms with van der Waals surface area (Å²) in [6.45, 7) is 2.13. The average molecular weight is 382 g/mol. The van der Waals surface area contributed by atoms with Crippen LogP contribution in [0.3, 0.4) is 0 Å². The molecule has 0 unspecified atom stereocenters. The van der Waals surface area contributed by atoms with Crippen LogP contribution < -0.4 is 20.1 Å². The number of anilines is 3. The molecule has 27 heavy (non-hydrogen) atoms. The van der Waals surface area contributed by atoms with Crippen LogP contribution in [-0.2, 0) is 0 Å². The van der Waals surface area contributed by atoms with E-state index >= 15 is 0 Å². The Kier molecular flexibility index (Phi) is 4.56. The number of pyridine rings is 1. The van der Waals surface area contributed by atoms with Gasteiger partial charge in [0.25, 0.3) is 5.91 Å². The molecule has 6 nitrogen and oxygen atoms in total. The van der Waals surface area contributed by atoms with E-state index in [9.17, 15) is 4.79 Å². The van der Waals surface area contributed by atoms with E-state index in [-0.39, 0.29) is 18.4 Å². The van der Waals surface area contributed by atoms with Crippen molar-refractivity contribution in [3.05, 3.63) is 71.0 Å². The number of hydrogen-bond acceptors (Lipinski definition) is 5. The van der Waals surface area contributed by atoms with Gasteiger partial charge in [0.1, 0.15) is 5.69 Å². The molecule has 1 aliphatic heterocycles. The monoisotopic (exact) mass is 381 g/mol. The third kappa shape index (κ3) is 3.80. The number of nitrogens with zero attached hydrogens (tertiary/aromatic N) is 1. The summed E-state index contributed by atoms with van der Waals surface area (Å²) >= 11 is 6.16. The van der Waals surface area contributed by atoms with Gasteiger partial charge in [-0.05, 0) is 48.9 Å². The maximum Gasteiger partial charge on any atom is 0.274 e. The highest BCUT2D eigenvalue weighted by Gasteiger charge is 2.15. The van der Waals surface area contributed by atoms with Gasteiger partial charge in [0.2, 0.25) is 6.79 Å². The number of nitrogens with one attached hydrogen (secondary N) is 2. The summed E-state index contributed by atoms with van der Waals surface area (Å²) in [6.07, 6.45) is 1.58. The van der Waals surface area contributed by atoms with Crippen molar-refractivity contribution in [1.82, 2.24) is 4.98 Å². The Bertz CT molecular complexity index is 1020. The molecular formula is C20H16ClN3O3. The van der Waals surface area contributed by atoms with Crippen molar-refractivity contribution in [3.63, 3.8) is 0 Å². The topological polar surface area (TPSA) is 72.5 Å². The quantitative estimate of drug-likeness (QED) is 0.681. The number of ether oxygens (including phenoxy) is 2. The molecule has 0 radical (unpaired) electrons. The van der Waals surface area contributed by atoms with Gasteiger partial charge in [-0.3, -0.25) is 9.78 Å². The van der Waals surface area contributed by atoms with E-state index < -0.39 is 0 Å². The number of aryl methyl sites for hydroxylation is 1. The molecule has 1 amide bonds. The second-order valence-electron chi connectivity index (χ2n) is 6.04. The molecule has 1 aliphatic rings. The van der Waals surface area contributed by atoms with Gasteiger partial charge < -0.3 is 20.1 Å². The first kappa shape index (κ1) is 17.2. The van der Waals surface area contributed by atoms with Crippen molar-refractivity contribution >= 4 is 34.6 Å². The lowest BCUT2D eigenvalue weighted by Crippen LogP contribution is -2.13. The molecule has 2 aromatic carbocycles. The van der Waals surface area contributed by atoms with E-state index in [0.717, 1.165) is 16.9 Å². The lowest BCUT2D eigenvalue weighted by atomic mass is 10.2. The van der Waals surface area contributed by atoms with Crippen LogP contribution in [0.2, 0.25) is 5.02 Å². The number of aromatic nitrogens is 1. The first-order valence-electron chi connectivity index (χ1n) is 8.29. The Labute approximate surface area is 161 Å². The lowest BCUT2D eigenvalue weighted by Gasteiger charge is -2.10. The fraction of sp³-hybridized carbons (Fsp3) is 0.100. The van der Waals surface area contributed by atoms with E-state index in [1.54, 1.807) is 36.5 Å². The zero-order valence-electron chi connectivity index (χ0n) is 14.5. The molecule has 0 bridgehead atoms. The average Bonchev–Trinajstić information content (AvgIpc) is 3.13. The Morgan fingerprint density at radius 2 is 1.78 bits per heavy atom. The molecule has 0 atom stereocenters. The summed E-state index contributed by atoms with van der Waals surface area (Å²) in [7, 11) is 0. The zero-order chi connectivity index (χ0) is 18.8. The summed E-state index contributed by atoms with van der Waals surface area (Å²) in [5.74, 6) is 0.945. The van der Waals surface area contributed by atoms with Crippen molar-refractivity contribution in [2.24, 2.45) is 0 Å². The highest BCUT2D eigenvalue weighted by molar-refractivity contribution is 6.31. The first-order chi connectivity index (χ1) is 13.1. The zero-order valence-corrected chi connectivity index (χ0v) is 15.2. The van der Waals surface area contributed by atoms with Gasteiger partial charge in [-0.2, -0.15) is 0 Å². The molecule has 136 valence electrons. The second kappa shape index (κ2) is 7.17. The SMILES string of the molecule is Cc1ccc(Nc2ccnc(C(=O)Nc3ccc4c(c3)OCO4)c2)cc1Cl. The number of rotatable bonds is 4. The summed E-state index contributed by atoms with van der Waals surface area (Å²) in [6, 6.07) is 14.4. The van der Waals surface area contributed by atoms with Gasteiger partial charge in [-0.25, -0.2) is 0 Å². The number of carbonyl (C=O) groups excluding carboxylic acids is 1. The normalized spacial score (nSPS) is 11.9. The smallest absolute Gasteiger partial charge is 0.274 e.